The van der Waals surface area contributed by atoms with Crippen LogP contribution < -0.4 is 5.73 Å². The van der Waals surface area contributed by atoms with Crippen LogP contribution in [0.25, 0.3) is 0 Å². The van der Waals surface area contributed by atoms with Gasteiger partial charge in [0.2, 0.25) is 5.82 Å². The summed E-state index contributed by atoms with van der Waals surface area (Å²) in [6.07, 6.45) is -0.410. The standard InChI is InChI=1S/C13H15F3N2O3/c1-6-5-21-7(3-17)4-18(6)13(20)8-2-9(14)11(16)12(19)10(8)15/h2,6-7,19H,3-5,17H2,1H3. The van der Waals surface area contributed by atoms with Crippen LogP contribution in [0.2, 0.25) is 0 Å². The number of ether oxygens (including phenoxy) is 1. The van der Waals surface area contributed by atoms with Gasteiger partial charge >= 0.3 is 0 Å². The molecule has 1 aromatic carbocycles. The van der Waals surface area contributed by atoms with Gasteiger partial charge in [-0.3, -0.25) is 4.79 Å². The predicted octanol–water partition coefficient (Wildman–Crippen LogP) is 0.998. The van der Waals surface area contributed by atoms with Crippen LogP contribution in [-0.2, 0) is 4.74 Å². The van der Waals surface area contributed by atoms with Crippen LogP contribution in [0.1, 0.15) is 17.3 Å². The molecule has 0 aliphatic carbocycles. The van der Waals surface area contributed by atoms with Crippen molar-refractivity contribution in [2.75, 3.05) is 19.7 Å². The monoisotopic (exact) mass is 304 g/mol. The Hall–Kier alpha value is -1.80. The Morgan fingerprint density at radius 3 is 2.76 bits per heavy atom. The van der Waals surface area contributed by atoms with E-state index in [4.69, 9.17) is 10.5 Å². The number of rotatable bonds is 2. The molecule has 0 aromatic heterocycles. The van der Waals surface area contributed by atoms with Crippen molar-refractivity contribution in [2.45, 2.75) is 19.1 Å². The van der Waals surface area contributed by atoms with Gasteiger partial charge in [-0.2, -0.15) is 4.39 Å². The lowest BCUT2D eigenvalue weighted by Gasteiger charge is -2.37. The highest BCUT2D eigenvalue weighted by atomic mass is 19.2. The van der Waals surface area contributed by atoms with E-state index in [0.717, 1.165) is 0 Å². The Morgan fingerprint density at radius 2 is 2.14 bits per heavy atom. The number of benzene rings is 1. The van der Waals surface area contributed by atoms with Crippen molar-refractivity contribution < 1.29 is 27.8 Å². The van der Waals surface area contributed by atoms with Crippen molar-refractivity contribution in [1.82, 2.24) is 4.90 Å². The summed E-state index contributed by atoms with van der Waals surface area (Å²) in [6.45, 7) is 2.14. The summed E-state index contributed by atoms with van der Waals surface area (Å²) >= 11 is 0. The van der Waals surface area contributed by atoms with E-state index < -0.39 is 40.8 Å². The molecule has 0 radical (unpaired) electrons. The lowest BCUT2D eigenvalue weighted by Crippen LogP contribution is -2.53. The Morgan fingerprint density at radius 1 is 1.48 bits per heavy atom. The third kappa shape index (κ3) is 2.81. The van der Waals surface area contributed by atoms with Crippen LogP contribution in [0.3, 0.4) is 0 Å². The first-order chi connectivity index (χ1) is 9.86. The maximum absolute atomic E-state index is 13.8. The SMILES string of the molecule is CC1COC(CN)CN1C(=O)c1cc(F)c(F)c(O)c1F. The van der Waals surface area contributed by atoms with Crippen LogP contribution in [0, 0.1) is 17.5 Å². The molecule has 5 nitrogen and oxygen atoms in total. The first-order valence-corrected chi connectivity index (χ1v) is 6.35. The minimum Gasteiger partial charge on any atom is -0.503 e. The highest BCUT2D eigenvalue weighted by Crippen LogP contribution is 2.27. The molecule has 8 heteroatoms. The second kappa shape index (κ2) is 5.90. The summed E-state index contributed by atoms with van der Waals surface area (Å²) in [5.41, 5.74) is 4.74. The minimum atomic E-state index is -1.72. The van der Waals surface area contributed by atoms with Crippen molar-refractivity contribution in [3.05, 3.63) is 29.1 Å². The van der Waals surface area contributed by atoms with E-state index in [1.807, 2.05) is 0 Å². The molecule has 2 rings (SSSR count). The van der Waals surface area contributed by atoms with Crippen LogP contribution in [0.15, 0.2) is 6.07 Å². The summed E-state index contributed by atoms with van der Waals surface area (Å²) < 4.78 is 45.5. The lowest BCUT2D eigenvalue weighted by molar-refractivity contribution is -0.0427. The summed E-state index contributed by atoms with van der Waals surface area (Å²) in [7, 11) is 0. The van der Waals surface area contributed by atoms with Gasteiger partial charge in [0.1, 0.15) is 0 Å². The second-order valence-electron chi connectivity index (χ2n) is 4.88. The normalized spacial score (nSPS) is 22.4. The number of phenolic OH excluding ortho intramolecular Hbond substituents is 1. The van der Waals surface area contributed by atoms with Gasteiger partial charge in [0, 0.05) is 13.1 Å². The first kappa shape index (κ1) is 15.6. The molecule has 116 valence electrons. The molecular formula is C13H15F3N2O3. The molecule has 2 unspecified atom stereocenters. The smallest absolute Gasteiger partial charge is 0.257 e. The molecule has 1 aliphatic heterocycles. The average molecular weight is 304 g/mol. The maximum atomic E-state index is 13.8. The summed E-state index contributed by atoms with van der Waals surface area (Å²) in [5.74, 6) is -7.06. The fourth-order valence-electron chi connectivity index (χ4n) is 2.14. The Bertz CT molecular complexity index is 568. The number of aromatic hydroxyl groups is 1. The number of halogens is 3. The van der Waals surface area contributed by atoms with Gasteiger partial charge in [0.25, 0.3) is 5.91 Å². The van der Waals surface area contributed by atoms with Gasteiger partial charge in [-0.25, -0.2) is 8.78 Å². The van der Waals surface area contributed by atoms with Gasteiger partial charge < -0.3 is 20.5 Å². The third-order valence-electron chi connectivity index (χ3n) is 3.39. The van der Waals surface area contributed by atoms with Crippen LogP contribution in [0.4, 0.5) is 13.2 Å². The zero-order valence-electron chi connectivity index (χ0n) is 11.3. The van der Waals surface area contributed by atoms with Crippen molar-refractivity contribution >= 4 is 5.91 Å². The molecule has 1 amide bonds. The zero-order chi connectivity index (χ0) is 15.7. The maximum Gasteiger partial charge on any atom is 0.257 e. The van der Waals surface area contributed by atoms with Gasteiger partial charge in [0.15, 0.2) is 17.4 Å². The minimum absolute atomic E-state index is 0.107. The largest absolute Gasteiger partial charge is 0.503 e. The Kier molecular flexibility index (Phi) is 4.38. The average Bonchev–Trinajstić information content (AvgIpc) is 2.48. The molecular weight excluding hydrogens is 289 g/mol. The molecule has 21 heavy (non-hydrogen) atoms. The number of hydrogen-bond acceptors (Lipinski definition) is 4. The molecule has 1 heterocycles. The van der Waals surface area contributed by atoms with Crippen molar-refractivity contribution in [1.29, 1.82) is 0 Å². The molecule has 0 saturated carbocycles. The number of amides is 1. The molecule has 1 saturated heterocycles. The van der Waals surface area contributed by atoms with E-state index >= 15 is 0 Å². The molecule has 2 atom stereocenters. The van der Waals surface area contributed by atoms with Crippen LogP contribution in [-0.4, -0.2) is 47.8 Å². The summed E-state index contributed by atoms with van der Waals surface area (Å²) in [6, 6.07) is 0.0572. The van der Waals surface area contributed by atoms with Gasteiger partial charge in [-0.1, -0.05) is 0 Å². The Balaban J connectivity index is 2.35. The van der Waals surface area contributed by atoms with E-state index in [-0.39, 0.29) is 25.7 Å². The van der Waals surface area contributed by atoms with Gasteiger partial charge in [-0.15, -0.1) is 0 Å². The molecule has 1 aromatic rings. The molecule has 0 bridgehead atoms. The first-order valence-electron chi connectivity index (χ1n) is 6.35. The van der Waals surface area contributed by atoms with Crippen molar-refractivity contribution in [3.63, 3.8) is 0 Å². The van der Waals surface area contributed by atoms with E-state index in [2.05, 4.69) is 0 Å². The van der Waals surface area contributed by atoms with Crippen LogP contribution >= 0.6 is 0 Å². The van der Waals surface area contributed by atoms with Gasteiger partial charge in [-0.05, 0) is 13.0 Å². The van der Waals surface area contributed by atoms with E-state index in [0.29, 0.717) is 6.07 Å². The van der Waals surface area contributed by atoms with E-state index in [1.165, 1.54) is 4.90 Å². The van der Waals surface area contributed by atoms with E-state index in [1.54, 1.807) is 6.92 Å². The third-order valence-corrected chi connectivity index (χ3v) is 3.39. The highest BCUT2D eigenvalue weighted by Gasteiger charge is 2.32. The number of carbonyl (C=O) groups is 1. The number of carbonyl (C=O) groups excluding carboxylic acids is 1. The van der Waals surface area contributed by atoms with E-state index in [9.17, 15) is 23.1 Å². The number of hydrogen-bond donors (Lipinski definition) is 2. The van der Waals surface area contributed by atoms with Crippen molar-refractivity contribution in [2.24, 2.45) is 5.73 Å². The quantitative estimate of drug-likeness (QED) is 0.799. The topological polar surface area (TPSA) is 75.8 Å². The fraction of sp³-hybridized carbons (Fsp3) is 0.462. The zero-order valence-corrected chi connectivity index (χ0v) is 11.3. The second-order valence-corrected chi connectivity index (χ2v) is 4.88. The fourth-order valence-corrected chi connectivity index (χ4v) is 2.14. The number of nitrogens with two attached hydrogens (primary N) is 1. The van der Waals surface area contributed by atoms with Crippen LogP contribution in [0.5, 0.6) is 5.75 Å². The number of morpholine rings is 1. The van der Waals surface area contributed by atoms with Gasteiger partial charge in [0.05, 0.1) is 24.3 Å². The molecule has 1 aliphatic rings. The summed E-state index contributed by atoms with van der Waals surface area (Å²) in [5, 5.41) is 9.17. The molecule has 3 N–H and O–H groups in total. The molecule has 0 spiro atoms. The Labute approximate surface area is 119 Å². The highest BCUT2D eigenvalue weighted by molar-refractivity contribution is 5.95. The predicted molar refractivity (Wildman–Crippen MR) is 67.3 cm³/mol. The molecule has 1 fully saturated rings. The summed E-state index contributed by atoms with van der Waals surface area (Å²) in [4.78, 5) is 13.6. The number of phenols is 1. The lowest BCUT2D eigenvalue weighted by atomic mass is 10.1. The van der Waals surface area contributed by atoms with Crippen molar-refractivity contribution in [3.8, 4) is 5.75 Å². The number of nitrogens with zero attached hydrogens (tertiary/aromatic N) is 1.